The van der Waals surface area contributed by atoms with E-state index in [1.54, 1.807) is 0 Å². The number of nitrogens with one attached hydrogen (secondary N) is 1. The normalized spacial score (nSPS) is 23.4. The fraction of sp³-hybridized carbons (Fsp3) is 0.625. The third-order valence-corrected chi connectivity index (χ3v) is 7.72. The number of benzene rings is 1. The van der Waals surface area contributed by atoms with E-state index in [4.69, 9.17) is 0 Å². The highest BCUT2D eigenvalue weighted by Gasteiger charge is 2.48. The van der Waals surface area contributed by atoms with Crippen molar-refractivity contribution in [3.05, 3.63) is 29.2 Å². The van der Waals surface area contributed by atoms with Gasteiger partial charge in [-0.2, -0.15) is 5.26 Å². The minimum atomic E-state index is -1.21. The van der Waals surface area contributed by atoms with Crippen molar-refractivity contribution in [1.82, 2.24) is 0 Å². The Morgan fingerprint density at radius 3 is 2.16 bits per heavy atom. The molecule has 0 unspecified atom stereocenters. The number of rotatable bonds is 9. The molecule has 31 heavy (non-hydrogen) atoms. The highest BCUT2D eigenvalue weighted by atomic mass is 32.2. The molecule has 2 rings (SSSR count). The fourth-order valence-electron chi connectivity index (χ4n) is 4.12. The van der Waals surface area contributed by atoms with E-state index in [-0.39, 0.29) is 16.9 Å². The first-order valence-corrected chi connectivity index (χ1v) is 11.9. The molecule has 0 saturated heterocycles. The monoisotopic (exact) mass is 443 g/mol. The van der Waals surface area contributed by atoms with Gasteiger partial charge in [-0.3, -0.25) is 9.59 Å². The molecule has 0 spiro atoms. The van der Waals surface area contributed by atoms with Gasteiger partial charge in [0.25, 0.3) is 0 Å². The summed E-state index contributed by atoms with van der Waals surface area (Å²) >= 11 is 1.20. The molecule has 6 nitrogen and oxygen atoms in total. The summed E-state index contributed by atoms with van der Waals surface area (Å²) in [6, 6.07) is 9.37. The standard InChI is InChI=1S/C24H33N3O3S/c1-5-18(6-2)15-23(11-13-24(16-25,27-30)14-12-23)22(29)26-19-7-9-20(10-8-19)31-21(28)17(3)4/h7-10,17-18H,5-6,11-15H2,1-4H3,(H,26,29). The van der Waals surface area contributed by atoms with Crippen LogP contribution in [-0.4, -0.2) is 16.6 Å². The lowest BCUT2D eigenvalue weighted by molar-refractivity contribution is -0.129. The summed E-state index contributed by atoms with van der Waals surface area (Å²) in [7, 11) is 0. The van der Waals surface area contributed by atoms with E-state index >= 15 is 0 Å². The first-order chi connectivity index (χ1) is 14.7. The number of carbonyl (C=O) groups excluding carboxylic acids is 2. The van der Waals surface area contributed by atoms with Crippen molar-refractivity contribution in [3.8, 4) is 6.07 Å². The Bertz CT molecular complexity index is 817. The zero-order chi connectivity index (χ0) is 23.1. The minimum absolute atomic E-state index is 0.0398. The summed E-state index contributed by atoms with van der Waals surface area (Å²) in [4.78, 5) is 37.5. The van der Waals surface area contributed by atoms with Crippen LogP contribution in [0.15, 0.2) is 34.3 Å². The fourth-order valence-corrected chi connectivity index (χ4v) is 4.86. The number of hydrogen-bond acceptors (Lipinski definition) is 6. The van der Waals surface area contributed by atoms with E-state index in [1.165, 1.54) is 11.8 Å². The number of hydrogen-bond donors (Lipinski definition) is 1. The molecular weight excluding hydrogens is 410 g/mol. The molecule has 0 radical (unpaired) electrons. The molecule has 1 amide bonds. The average molecular weight is 444 g/mol. The van der Waals surface area contributed by atoms with Crippen molar-refractivity contribution >= 4 is 28.5 Å². The van der Waals surface area contributed by atoms with Crippen LogP contribution in [0.1, 0.15) is 72.6 Å². The smallest absolute Gasteiger partial charge is 0.230 e. The maximum absolute atomic E-state index is 13.4. The average Bonchev–Trinajstić information content (AvgIpc) is 2.79. The predicted octanol–water partition coefficient (Wildman–Crippen LogP) is 6.32. The second-order valence-electron chi connectivity index (χ2n) is 8.96. The summed E-state index contributed by atoms with van der Waals surface area (Å²) in [6.45, 7) is 8.00. The van der Waals surface area contributed by atoms with Gasteiger partial charge in [0.2, 0.25) is 5.91 Å². The molecule has 0 heterocycles. The Morgan fingerprint density at radius 1 is 1.13 bits per heavy atom. The molecule has 1 aliphatic rings. The first-order valence-electron chi connectivity index (χ1n) is 11.1. The number of nitriles is 1. The Morgan fingerprint density at radius 2 is 1.71 bits per heavy atom. The summed E-state index contributed by atoms with van der Waals surface area (Å²) in [5.41, 5.74) is -1.14. The maximum atomic E-state index is 13.4. The lowest BCUT2D eigenvalue weighted by Crippen LogP contribution is -2.45. The van der Waals surface area contributed by atoms with Gasteiger partial charge in [-0.15, -0.1) is 4.91 Å². The van der Waals surface area contributed by atoms with E-state index < -0.39 is 11.0 Å². The lowest BCUT2D eigenvalue weighted by atomic mass is 9.63. The highest BCUT2D eigenvalue weighted by Crippen LogP contribution is 2.47. The summed E-state index contributed by atoms with van der Waals surface area (Å²) in [5, 5.41) is 15.7. The highest BCUT2D eigenvalue weighted by molar-refractivity contribution is 8.13. The first kappa shape index (κ1) is 25.1. The van der Waals surface area contributed by atoms with Gasteiger partial charge >= 0.3 is 0 Å². The molecule has 1 aromatic rings. The van der Waals surface area contributed by atoms with Crippen molar-refractivity contribution in [3.63, 3.8) is 0 Å². The Balaban J connectivity index is 2.17. The van der Waals surface area contributed by atoms with Crippen LogP contribution < -0.4 is 5.32 Å². The number of nitrogens with zero attached hydrogens (tertiary/aromatic N) is 2. The lowest BCUT2D eigenvalue weighted by Gasteiger charge is -2.41. The molecule has 0 aromatic heterocycles. The molecule has 168 valence electrons. The van der Waals surface area contributed by atoms with Gasteiger partial charge in [-0.25, -0.2) is 0 Å². The Kier molecular flexibility index (Phi) is 8.81. The van der Waals surface area contributed by atoms with E-state index in [0.717, 1.165) is 24.2 Å². The maximum Gasteiger partial charge on any atom is 0.230 e. The van der Waals surface area contributed by atoms with Crippen LogP contribution in [0.3, 0.4) is 0 Å². The molecule has 0 bridgehead atoms. The minimum Gasteiger partial charge on any atom is -0.326 e. The second kappa shape index (κ2) is 10.9. The van der Waals surface area contributed by atoms with Crippen LogP contribution in [0.25, 0.3) is 0 Å². The van der Waals surface area contributed by atoms with Crippen LogP contribution >= 0.6 is 11.8 Å². The quantitative estimate of drug-likeness (QED) is 0.356. The molecule has 1 aliphatic carbocycles. The largest absolute Gasteiger partial charge is 0.326 e. The van der Waals surface area contributed by atoms with Crippen LogP contribution in [0.4, 0.5) is 5.69 Å². The number of amides is 1. The van der Waals surface area contributed by atoms with Crippen LogP contribution in [-0.2, 0) is 9.59 Å². The van der Waals surface area contributed by atoms with Crippen molar-refractivity contribution in [2.75, 3.05) is 5.32 Å². The predicted molar refractivity (Wildman–Crippen MR) is 125 cm³/mol. The molecule has 1 aromatic carbocycles. The molecule has 1 saturated carbocycles. The van der Waals surface area contributed by atoms with E-state index in [1.807, 2.05) is 38.1 Å². The van der Waals surface area contributed by atoms with Gasteiger partial charge in [0.1, 0.15) is 0 Å². The van der Waals surface area contributed by atoms with Gasteiger partial charge in [-0.1, -0.05) is 52.3 Å². The number of nitroso groups, excluding NO2 is 1. The van der Waals surface area contributed by atoms with Gasteiger partial charge in [0, 0.05) is 16.5 Å². The van der Waals surface area contributed by atoms with Gasteiger partial charge in [0.05, 0.1) is 11.5 Å². The number of anilines is 1. The van der Waals surface area contributed by atoms with Crippen molar-refractivity contribution in [1.29, 1.82) is 5.26 Å². The van der Waals surface area contributed by atoms with E-state index in [9.17, 15) is 19.8 Å². The summed E-state index contributed by atoms with van der Waals surface area (Å²) in [6.07, 6.45) is 4.29. The van der Waals surface area contributed by atoms with Crippen molar-refractivity contribution < 1.29 is 9.59 Å². The second-order valence-corrected chi connectivity index (χ2v) is 10.0. The Hall–Kier alpha value is -2.20. The molecule has 7 heteroatoms. The topological polar surface area (TPSA) is 99.4 Å². The molecular formula is C24H33N3O3S. The van der Waals surface area contributed by atoms with E-state index in [0.29, 0.717) is 37.3 Å². The third kappa shape index (κ3) is 6.16. The molecule has 0 atom stereocenters. The Labute approximate surface area is 189 Å². The third-order valence-electron chi connectivity index (χ3n) is 6.53. The molecule has 1 fully saturated rings. The van der Waals surface area contributed by atoms with Crippen molar-refractivity contribution in [2.24, 2.45) is 22.4 Å². The van der Waals surface area contributed by atoms with E-state index in [2.05, 4.69) is 30.4 Å². The van der Waals surface area contributed by atoms with Gasteiger partial charge in [-0.05, 0) is 67.5 Å². The zero-order valence-electron chi connectivity index (χ0n) is 18.9. The van der Waals surface area contributed by atoms with Crippen LogP contribution in [0, 0.1) is 33.5 Å². The molecule has 1 N–H and O–H groups in total. The van der Waals surface area contributed by atoms with Gasteiger partial charge in [0.15, 0.2) is 10.7 Å². The van der Waals surface area contributed by atoms with Gasteiger partial charge < -0.3 is 5.32 Å². The van der Waals surface area contributed by atoms with Crippen molar-refractivity contribution in [2.45, 2.75) is 83.1 Å². The summed E-state index contributed by atoms with van der Waals surface area (Å²) in [5.74, 6) is 0.308. The zero-order valence-corrected chi connectivity index (χ0v) is 19.8. The number of carbonyl (C=O) groups is 2. The van der Waals surface area contributed by atoms with Crippen LogP contribution in [0.2, 0.25) is 0 Å². The molecule has 0 aliphatic heterocycles. The summed E-state index contributed by atoms with van der Waals surface area (Å²) < 4.78 is 0. The number of thioether (sulfide) groups is 1. The van der Waals surface area contributed by atoms with Crippen LogP contribution in [0.5, 0.6) is 0 Å². The SMILES string of the molecule is CCC(CC)CC1(C(=O)Nc2ccc(SC(=O)C(C)C)cc2)CCC(C#N)(N=O)CC1.